The third-order valence-corrected chi connectivity index (χ3v) is 6.57. The van der Waals surface area contributed by atoms with Crippen LogP contribution in [-0.4, -0.2) is 36.1 Å². The van der Waals surface area contributed by atoms with Gasteiger partial charge in [-0.15, -0.1) is 0 Å². The topological polar surface area (TPSA) is 28.2 Å². The van der Waals surface area contributed by atoms with Gasteiger partial charge in [0.25, 0.3) is 0 Å². The number of nitrogens with zero attached hydrogens (tertiary/aromatic N) is 2. The molecule has 0 radical (unpaired) electrons. The van der Waals surface area contributed by atoms with Gasteiger partial charge in [0.1, 0.15) is 0 Å². The Kier molecular flexibility index (Phi) is 9.74. The molecule has 0 spiro atoms. The fraction of sp³-hybridized carbons (Fsp3) is 0.654. The zero-order valence-electron chi connectivity index (χ0n) is 19.1. The Balaban J connectivity index is 1.62. The summed E-state index contributed by atoms with van der Waals surface area (Å²) in [5.41, 5.74) is 5.07. The van der Waals surface area contributed by atoms with Crippen LogP contribution in [0.1, 0.15) is 82.9 Å². The van der Waals surface area contributed by atoms with Crippen LogP contribution < -0.4 is 5.32 Å². The Bertz CT molecular complexity index is 779. The lowest BCUT2D eigenvalue weighted by Crippen LogP contribution is -2.28. The lowest BCUT2D eigenvalue weighted by atomic mass is 9.92. The highest BCUT2D eigenvalue weighted by Crippen LogP contribution is 2.34. The van der Waals surface area contributed by atoms with Crippen LogP contribution in [0.2, 0.25) is 5.02 Å². The van der Waals surface area contributed by atoms with Crippen LogP contribution in [0.3, 0.4) is 0 Å². The number of fused-ring (bicyclic) bond motifs is 2. The molecule has 0 unspecified atom stereocenters. The van der Waals surface area contributed by atoms with Crippen LogP contribution in [0.4, 0.5) is 5.69 Å². The van der Waals surface area contributed by atoms with E-state index in [4.69, 9.17) is 16.6 Å². The first-order valence-electron chi connectivity index (χ1n) is 12.3. The Hall–Kier alpha value is -1.32. The van der Waals surface area contributed by atoms with Gasteiger partial charge in [-0.3, -0.25) is 4.98 Å². The molecule has 30 heavy (non-hydrogen) atoms. The average Bonchev–Trinajstić information content (AvgIpc) is 2.75. The fourth-order valence-electron chi connectivity index (χ4n) is 4.62. The Labute approximate surface area is 188 Å². The van der Waals surface area contributed by atoms with Gasteiger partial charge in [-0.05, 0) is 88.3 Å². The zero-order valence-corrected chi connectivity index (χ0v) is 19.9. The summed E-state index contributed by atoms with van der Waals surface area (Å²) in [5.74, 6) is 0. The smallest absolute Gasteiger partial charge is 0.0741 e. The molecule has 0 saturated carbocycles. The van der Waals surface area contributed by atoms with Gasteiger partial charge in [-0.1, -0.05) is 51.1 Å². The Morgan fingerprint density at radius 3 is 2.37 bits per heavy atom. The summed E-state index contributed by atoms with van der Waals surface area (Å²) in [7, 11) is 0. The minimum Gasteiger partial charge on any atom is -0.384 e. The summed E-state index contributed by atoms with van der Waals surface area (Å²) in [6.07, 6.45) is 13.9. The van der Waals surface area contributed by atoms with Crippen molar-refractivity contribution in [3.63, 3.8) is 0 Å². The van der Waals surface area contributed by atoms with E-state index in [1.807, 2.05) is 12.1 Å². The Morgan fingerprint density at radius 1 is 0.933 bits per heavy atom. The molecule has 166 valence electrons. The second kappa shape index (κ2) is 12.5. The van der Waals surface area contributed by atoms with Gasteiger partial charge in [0, 0.05) is 28.3 Å². The second-order valence-electron chi connectivity index (χ2n) is 8.82. The first-order valence-corrected chi connectivity index (χ1v) is 12.7. The molecule has 1 aliphatic rings. The third-order valence-electron chi connectivity index (χ3n) is 6.33. The minimum atomic E-state index is 0.770. The van der Waals surface area contributed by atoms with E-state index in [-0.39, 0.29) is 0 Å². The van der Waals surface area contributed by atoms with Gasteiger partial charge in [0.2, 0.25) is 0 Å². The first-order chi connectivity index (χ1) is 14.7. The maximum absolute atomic E-state index is 6.25. The summed E-state index contributed by atoms with van der Waals surface area (Å²) < 4.78 is 0. The molecule has 0 saturated heterocycles. The average molecular weight is 430 g/mol. The van der Waals surface area contributed by atoms with Gasteiger partial charge in [0.05, 0.1) is 5.52 Å². The van der Waals surface area contributed by atoms with E-state index in [0.717, 1.165) is 29.9 Å². The molecule has 0 fully saturated rings. The largest absolute Gasteiger partial charge is 0.384 e. The molecule has 0 amide bonds. The highest BCUT2D eigenvalue weighted by Gasteiger charge is 2.18. The van der Waals surface area contributed by atoms with Crippen molar-refractivity contribution >= 4 is 28.2 Å². The molecule has 1 aromatic heterocycles. The van der Waals surface area contributed by atoms with E-state index in [2.05, 4.69) is 30.1 Å². The second-order valence-corrected chi connectivity index (χ2v) is 9.25. The molecule has 0 aliphatic heterocycles. The molecule has 1 aliphatic carbocycles. The van der Waals surface area contributed by atoms with Gasteiger partial charge in [0.15, 0.2) is 0 Å². The van der Waals surface area contributed by atoms with Crippen molar-refractivity contribution in [3.05, 3.63) is 34.5 Å². The molecule has 1 heterocycles. The molecular weight excluding hydrogens is 390 g/mol. The SMILES string of the molecule is CCCCCN(CCCCC)CCCNc1c2c(nc3cc(Cl)ccc13)CCCC2. The number of hydrogen-bond donors (Lipinski definition) is 1. The van der Waals surface area contributed by atoms with Gasteiger partial charge in [-0.25, -0.2) is 0 Å². The quantitative estimate of drug-likeness (QED) is 0.340. The van der Waals surface area contributed by atoms with Crippen molar-refractivity contribution in [2.75, 3.05) is 31.5 Å². The van der Waals surface area contributed by atoms with Crippen molar-refractivity contribution in [3.8, 4) is 0 Å². The summed E-state index contributed by atoms with van der Waals surface area (Å²) >= 11 is 6.25. The first kappa shape index (κ1) is 23.3. The Morgan fingerprint density at radius 2 is 1.63 bits per heavy atom. The van der Waals surface area contributed by atoms with Crippen LogP contribution >= 0.6 is 11.6 Å². The number of nitrogens with one attached hydrogen (secondary N) is 1. The summed E-state index contributed by atoms with van der Waals surface area (Å²) in [6.45, 7) is 9.30. The summed E-state index contributed by atoms with van der Waals surface area (Å²) in [4.78, 5) is 7.63. The van der Waals surface area contributed by atoms with Crippen molar-refractivity contribution in [1.29, 1.82) is 0 Å². The van der Waals surface area contributed by atoms with Crippen molar-refractivity contribution in [2.24, 2.45) is 0 Å². The molecule has 2 aromatic rings. The molecule has 0 atom stereocenters. The normalized spacial score (nSPS) is 13.7. The molecular formula is C26H40ClN3. The zero-order chi connectivity index (χ0) is 21.2. The number of hydrogen-bond acceptors (Lipinski definition) is 3. The van der Waals surface area contributed by atoms with Crippen LogP contribution in [0.15, 0.2) is 18.2 Å². The number of aromatic nitrogens is 1. The molecule has 3 rings (SSSR count). The van der Waals surface area contributed by atoms with Gasteiger partial charge < -0.3 is 10.2 Å². The van der Waals surface area contributed by atoms with Gasteiger partial charge in [-0.2, -0.15) is 0 Å². The molecule has 0 bridgehead atoms. The lowest BCUT2D eigenvalue weighted by molar-refractivity contribution is 0.261. The van der Waals surface area contributed by atoms with E-state index in [0.29, 0.717) is 0 Å². The van der Waals surface area contributed by atoms with Crippen molar-refractivity contribution in [1.82, 2.24) is 9.88 Å². The van der Waals surface area contributed by atoms with Crippen LogP contribution in [0, 0.1) is 0 Å². The highest BCUT2D eigenvalue weighted by atomic mass is 35.5. The molecule has 4 heteroatoms. The maximum Gasteiger partial charge on any atom is 0.0741 e. The van der Waals surface area contributed by atoms with Crippen LogP contribution in [0.25, 0.3) is 10.9 Å². The predicted molar refractivity (Wildman–Crippen MR) is 132 cm³/mol. The number of anilines is 1. The van der Waals surface area contributed by atoms with Crippen molar-refractivity contribution in [2.45, 2.75) is 84.5 Å². The number of pyridine rings is 1. The fourth-order valence-corrected chi connectivity index (χ4v) is 4.79. The summed E-state index contributed by atoms with van der Waals surface area (Å²) in [5, 5.41) is 5.81. The van der Waals surface area contributed by atoms with Crippen molar-refractivity contribution < 1.29 is 0 Å². The number of unbranched alkanes of at least 4 members (excludes halogenated alkanes) is 4. The third kappa shape index (κ3) is 6.59. The lowest BCUT2D eigenvalue weighted by Gasteiger charge is -2.24. The molecule has 1 N–H and O–H groups in total. The minimum absolute atomic E-state index is 0.770. The maximum atomic E-state index is 6.25. The monoisotopic (exact) mass is 429 g/mol. The molecule has 3 nitrogen and oxygen atoms in total. The van der Waals surface area contributed by atoms with E-state index in [1.165, 1.54) is 99.8 Å². The number of aryl methyl sites for hydroxylation is 1. The molecule has 1 aromatic carbocycles. The van der Waals surface area contributed by atoms with E-state index >= 15 is 0 Å². The van der Waals surface area contributed by atoms with E-state index in [9.17, 15) is 0 Å². The predicted octanol–water partition coefficient (Wildman–Crippen LogP) is 7.25. The summed E-state index contributed by atoms with van der Waals surface area (Å²) in [6, 6.07) is 6.15. The van der Waals surface area contributed by atoms with Crippen LogP contribution in [-0.2, 0) is 12.8 Å². The number of rotatable bonds is 13. The van der Waals surface area contributed by atoms with E-state index in [1.54, 1.807) is 0 Å². The standard InChI is InChI=1S/C26H40ClN3/c1-3-5-9-17-30(18-10-6-4-2)19-11-16-28-26-22-12-7-8-13-24(22)29-25-20-21(27)14-15-23(25)26/h14-15,20H,3-13,16-19H2,1-2H3,(H,28,29). The van der Waals surface area contributed by atoms with Gasteiger partial charge >= 0.3 is 0 Å². The number of benzene rings is 1. The highest BCUT2D eigenvalue weighted by molar-refractivity contribution is 6.31. The van der Waals surface area contributed by atoms with E-state index < -0.39 is 0 Å². The number of halogens is 1. The van der Waals surface area contributed by atoms with Crippen LogP contribution in [0.5, 0.6) is 0 Å².